The van der Waals surface area contributed by atoms with Crippen molar-refractivity contribution >= 4 is 59.4 Å². The van der Waals surface area contributed by atoms with Crippen molar-refractivity contribution in [3.05, 3.63) is 60.3 Å². The van der Waals surface area contributed by atoms with Gasteiger partial charge in [0.25, 0.3) is 0 Å². The Morgan fingerprint density at radius 2 is 1.93 bits per heavy atom. The molecule has 40 heavy (non-hydrogen) atoms. The number of fused-ring (bicyclic) bond motifs is 1. The minimum atomic E-state index is -4.84. The number of hydrogen-bond acceptors (Lipinski definition) is 9. The Morgan fingerprint density at radius 3 is 2.65 bits per heavy atom. The SMILES string of the molecule is C=CC(=O)Nc1cccc(-c2nc(Nc3ccc(N4CCN(C)CC4)c(OP(=O)(O)O)c3)nc3n[nH]c(Cl)c23)c1. The quantitative estimate of drug-likeness (QED) is 0.151. The maximum Gasteiger partial charge on any atom is 0.524 e. The predicted molar refractivity (Wildman–Crippen MR) is 153 cm³/mol. The molecule has 1 amide bonds. The number of amides is 1. The molecular formula is C25H26ClN8O5P. The fourth-order valence-electron chi connectivity index (χ4n) is 4.32. The summed E-state index contributed by atoms with van der Waals surface area (Å²) >= 11 is 6.37. The highest BCUT2D eigenvalue weighted by molar-refractivity contribution is 7.46. The molecule has 0 bridgehead atoms. The standard InChI is InChI=1S/C25H26ClN8O5P/c1-3-20(35)27-16-6-4-5-15(13-16)22-21-23(26)31-32-24(21)30-25(29-22)28-17-7-8-18(19(14-17)39-40(36,37)38)34-11-9-33(2)10-12-34/h3-8,13-14H,1,9-12H2,2H3,(H,27,35)(H2,36,37,38)(H2,28,29,30,31,32). The van der Waals surface area contributed by atoms with Gasteiger partial charge in [0.1, 0.15) is 5.15 Å². The van der Waals surface area contributed by atoms with Gasteiger partial charge in [-0.2, -0.15) is 10.1 Å². The number of benzene rings is 2. The number of nitrogens with zero attached hydrogens (tertiary/aromatic N) is 5. The van der Waals surface area contributed by atoms with Gasteiger partial charge in [0, 0.05) is 49.2 Å². The third kappa shape index (κ3) is 6.24. The number of phosphoric acid groups is 1. The van der Waals surface area contributed by atoms with Crippen LogP contribution in [0.5, 0.6) is 5.75 Å². The van der Waals surface area contributed by atoms with E-state index in [1.54, 1.807) is 36.4 Å². The Balaban J connectivity index is 1.51. The molecule has 0 spiro atoms. The zero-order valence-corrected chi connectivity index (χ0v) is 23.0. The molecule has 0 unspecified atom stereocenters. The predicted octanol–water partition coefficient (Wildman–Crippen LogP) is 3.76. The van der Waals surface area contributed by atoms with Crippen LogP contribution in [0.2, 0.25) is 5.15 Å². The van der Waals surface area contributed by atoms with Crippen LogP contribution in [0.3, 0.4) is 0 Å². The number of anilines is 4. The number of nitrogens with one attached hydrogen (secondary N) is 3. The molecule has 2 aromatic heterocycles. The summed E-state index contributed by atoms with van der Waals surface area (Å²) < 4.78 is 16.8. The zero-order chi connectivity index (χ0) is 28.4. The largest absolute Gasteiger partial charge is 0.524 e. The molecular weight excluding hydrogens is 559 g/mol. The van der Waals surface area contributed by atoms with E-state index < -0.39 is 7.82 Å². The third-order valence-corrected chi connectivity index (χ3v) is 6.94. The average Bonchev–Trinajstić information content (AvgIpc) is 3.28. The molecule has 0 atom stereocenters. The Bertz CT molecular complexity index is 1630. The summed E-state index contributed by atoms with van der Waals surface area (Å²) in [5.74, 6) is -0.180. The van der Waals surface area contributed by atoms with Gasteiger partial charge in [0.05, 0.1) is 16.8 Å². The maximum atomic E-state index is 11.8. The molecule has 0 saturated carbocycles. The lowest BCUT2D eigenvalue weighted by Crippen LogP contribution is -2.44. The van der Waals surface area contributed by atoms with Gasteiger partial charge in [-0.15, -0.1) is 0 Å². The van der Waals surface area contributed by atoms with Crippen LogP contribution in [-0.4, -0.2) is 74.0 Å². The van der Waals surface area contributed by atoms with Crippen molar-refractivity contribution in [3.8, 4) is 17.0 Å². The fraction of sp³-hybridized carbons (Fsp3) is 0.200. The van der Waals surface area contributed by atoms with Gasteiger partial charge in [0.2, 0.25) is 11.9 Å². The van der Waals surface area contributed by atoms with Crippen molar-refractivity contribution in [1.29, 1.82) is 0 Å². The molecule has 13 nitrogen and oxygen atoms in total. The zero-order valence-electron chi connectivity index (χ0n) is 21.3. The van der Waals surface area contributed by atoms with E-state index in [1.165, 1.54) is 12.1 Å². The van der Waals surface area contributed by atoms with Gasteiger partial charge >= 0.3 is 7.82 Å². The Labute approximate surface area is 234 Å². The van der Waals surface area contributed by atoms with Crippen LogP contribution in [0.25, 0.3) is 22.3 Å². The molecule has 5 N–H and O–H groups in total. The second-order valence-corrected chi connectivity index (χ2v) is 10.6. The Kier molecular flexibility index (Phi) is 7.74. The van der Waals surface area contributed by atoms with Crippen molar-refractivity contribution in [1.82, 2.24) is 25.1 Å². The van der Waals surface area contributed by atoms with Crippen molar-refractivity contribution in [2.24, 2.45) is 0 Å². The molecule has 5 rings (SSSR count). The summed E-state index contributed by atoms with van der Waals surface area (Å²) in [6, 6.07) is 12.0. The molecule has 3 heterocycles. The molecule has 1 fully saturated rings. The van der Waals surface area contributed by atoms with Crippen molar-refractivity contribution < 1.29 is 23.7 Å². The van der Waals surface area contributed by atoms with Gasteiger partial charge in [-0.1, -0.05) is 30.3 Å². The summed E-state index contributed by atoms with van der Waals surface area (Å²) in [6.45, 7) is 6.43. The van der Waals surface area contributed by atoms with Crippen LogP contribution < -0.4 is 20.1 Å². The van der Waals surface area contributed by atoms with Gasteiger partial charge in [0.15, 0.2) is 11.4 Å². The minimum Gasteiger partial charge on any atom is -0.402 e. The first-order valence-electron chi connectivity index (χ1n) is 12.1. The summed E-state index contributed by atoms with van der Waals surface area (Å²) in [7, 11) is -2.82. The topological polar surface area (TPSA) is 169 Å². The smallest absolute Gasteiger partial charge is 0.402 e. The number of phosphoric ester groups is 1. The Morgan fingerprint density at radius 1 is 1.15 bits per heavy atom. The second-order valence-electron chi connectivity index (χ2n) is 9.09. The monoisotopic (exact) mass is 584 g/mol. The van der Waals surface area contributed by atoms with Gasteiger partial charge in [-0.05, 0) is 37.4 Å². The highest BCUT2D eigenvalue weighted by atomic mass is 35.5. The Hall–Kier alpha value is -4.00. The lowest BCUT2D eigenvalue weighted by atomic mass is 10.1. The molecule has 1 aliphatic heterocycles. The van der Waals surface area contributed by atoms with Gasteiger partial charge < -0.3 is 25.0 Å². The number of H-pyrrole nitrogens is 1. The first-order valence-corrected chi connectivity index (χ1v) is 14.1. The fourth-order valence-corrected chi connectivity index (χ4v) is 4.94. The van der Waals surface area contributed by atoms with Gasteiger partial charge in [-0.3, -0.25) is 19.7 Å². The number of aromatic nitrogens is 4. The van der Waals surface area contributed by atoms with E-state index >= 15 is 0 Å². The van der Waals surface area contributed by atoms with Gasteiger partial charge in [-0.25, -0.2) is 9.55 Å². The number of halogens is 1. The number of aromatic amines is 1. The first kappa shape index (κ1) is 27.6. The van der Waals surface area contributed by atoms with E-state index in [0.29, 0.717) is 52.4 Å². The lowest BCUT2D eigenvalue weighted by molar-refractivity contribution is -0.111. The van der Waals surface area contributed by atoms with Crippen LogP contribution >= 0.6 is 19.4 Å². The van der Waals surface area contributed by atoms with Crippen LogP contribution in [-0.2, 0) is 9.36 Å². The van der Waals surface area contributed by atoms with E-state index in [0.717, 1.165) is 13.1 Å². The number of likely N-dealkylation sites (N-methyl/N-ethyl adjacent to an activating group) is 1. The van der Waals surface area contributed by atoms with E-state index in [2.05, 4.69) is 42.3 Å². The van der Waals surface area contributed by atoms with Crippen molar-refractivity contribution in [3.63, 3.8) is 0 Å². The second kappa shape index (κ2) is 11.2. The number of hydrogen-bond donors (Lipinski definition) is 5. The normalized spacial score (nSPS) is 14.2. The van der Waals surface area contributed by atoms with Crippen LogP contribution in [0.1, 0.15) is 0 Å². The number of rotatable bonds is 8. The summed E-state index contributed by atoms with van der Waals surface area (Å²) in [5.41, 5.74) is 2.90. The summed E-state index contributed by atoms with van der Waals surface area (Å²) in [6.07, 6.45) is 1.17. The molecule has 0 aliphatic carbocycles. The van der Waals surface area contributed by atoms with Crippen LogP contribution in [0.4, 0.5) is 23.0 Å². The lowest BCUT2D eigenvalue weighted by Gasteiger charge is -2.35. The number of carbonyl (C=O) groups excluding carboxylic acids is 1. The van der Waals surface area contributed by atoms with E-state index in [1.807, 2.05) is 11.9 Å². The first-order chi connectivity index (χ1) is 19.1. The van der Waals surface area contributed by atoms with Crippen molar-refractivity contribution in [2.75, 3.05) is 48.8 Å². The highest BCUT2D eigenvalue weighted by Crippen LogP contribution is 2.44. The molecule has 208 valence electrons. The van der Waals surface area contributed by atoms with Crippen LogP contribution in [0.15, 0.2) is 55.1 Å². The average molecular weight is 585 g/mol. The molecule has 15 heteroatoms. The maximum absolute atomic E-state index is 11.8. The molecule has 4 aromatic rings. The molecule has 0 radical (unpaired) electrons. The summed E-state index contributed by atoms with van der Waals surface area (Å²) in [4.78, 5) is 44.2. The van der Waals surface area contributed by atoms with E-state index in [-0.39, 0.29) is 22.8 Å². The van der Waals surface area contributed by atoms with E-state index in [4.69, 9.17) is 16.1 Å². The minimum absolute atomic E-state index is 0.0256. The highest BCUT2D eigenvalue weighted by Gasteiger charge is 2.24. The number of carbonyl (C=O) groups is 1. The third-order valence-electron chi connectivity index (χ3n) is 6.24. The molecule has 1 saturated heterocycles. The van der Waals surface area contributed by atoms with E-state index in [9.17, 15) is 19.1 Å². The summed E-state index contributed by atoms with van der Waals surface area (Å²) in [5, 5.41) is 13.4. The van der Waals surface area contributed by atoms with Crippen molar-refractivity contribution in [2.45, 2.75) is 0 Å². The molecule has 1 aliphatic rings. The van der Waals surface area contributed by atoms with Crippen LogP contribution in [0, 0.1) is 0 Å². The number of piperazine rings is 1. The molecule has 2 aromatic carbocycles.